The zero-order valence-corrected chi connectivity index (χ0v) is 11.7. The van der Waals surface area contributed by atoms with Crippen molar-refractivity contribution in [3.63, 3.8) is 0 Å². The largest absolute Gasteiger partial charge is 0.453 e. The number of aryl methyl sites for hydroxylation is 1. The Hall–Kier alpha value is -2.09. The summed E-state index contributed by atoms with van der Waals surface area (Å²) >= 11 is 0. The summed E-state index contributed by atoms with van der Waals surface area (Å²) in [6.45, 7) is 3.50. The molecule has 1 aliphatic rings. The van der Waals surface area contributed by atoms with Crippen LogP contribution in [0.2, 0.25) is 0 Å². The van der Waals surface area contributed by atoms with Crippen molar-refractivity contribution >= 4 is 17.7 Å². The maximum Gasteiger partial charge on any atom is 0.407 e. The molecule has 2 heterocycles. The molecule has 8 nitrogen and oxygen atoms in total. The zero-order valence-electron chi connectivity index (χ0n) is 11.7. The van der Waals surface area contributed by atoms with E-state index in [1.54, 1.807) is 6.07 Å². The molecular weight excluding hydrogens is 260 g/mol. The molecule has 20 heavy (non-hydrogen) atoms. The number of nitrogens with zero attached hydrogens (tertiary/aromatic N) is 3. The van der Waals surface area contributed by atoms with Crippen LogP contribution in [0, 0.1) is 0 Å². The number of nitrogens with two attached hydrogens (primary N) is 1. The lowest BCUT2D eigenvalue weighted by atomic mass is 10.3. The lowest BCUT2D eigenvalue weighted by Crippen LogP contribution is -2.37. The van der Waals surface area contributed by atoms with E-state index in [0.29, 0.717) is 12.4 Å². The zero-order chi connectivity index (χ0) is 14.5. The number of methoxy groups -OCH3 is 1. The predicted molar refractivity (Wildman–Crippen MR) is 75.4 cm³/mol. The van der Waals surface area contributed by atoms with Crippen molar-refractivity contribution in [2.24, 2.45) is 5.84 Å². The minimum absolute atomic E-state index is 0.0665. The van der Waals surface area contributed by atoms with Gasteiger partial charge in [0.2, 0.25) is 0 Å². The van der Waals surface area contributed by atoms with Crippen LogP contribution in [-0.2, 0) is 11.2 Å². The third-order valence-corrected chi connectivity index (χ3v) is 3.24. The molecule has 2 rings (SSSR count). The van der Waals surface area contributed by atoms with E-state index < -0.39 is 6.09 Å². The number of rotatable bonds is 4. The molecule has 0 aliphatic carbocycles. The van der Waals surface area contributed by atoms with Gasteiger partial charge in [0.25, 0.3) is 0 Å². The first-order chi connectivity index (χ1) is 9.66. The SMILES string of the molecule is CCc1nc(NN)cc(N2CCC(NC(=O)OC)C2)n1. The Morgan fingerprint density at radius 1 is 1.60 bits per heavy atom. The van der Waals surface area contributed by atoms with Crippen LogP contribution in [0.15, 0.2) is 6.07 Å². The highest BCUT2D eigenvalue weighted by molar-refractivity contribution is 5.67. The topological polar surface area (TPSA) is 105 Å². The van der Waals surface area contributed by atoms with Crippen LogP contribution < -0.4 is 21.5 Å². The van der Waals surface area contributed by atoms with Crippen LogP contribution in [0.1, 0.15) is 19.2 Å². The third kappa shape index (κ3) is 3.27. The maximum atomic E-state index is 11.2. The van der Waals surface area contributed by atoms with E-state index in [0.717, 1.165) is 31.0 Å². The Bertz CT molecular complexity index is 459. The first-order valence-electron chi connectivity index (χ1n) is 6.60. The fourth-order valence-electron chi connectivity index (χ4n) is 2.19. The summed E-state index contributed by atoms with van der Waals surface area (Å²) in [6, 6.07) is 1.87. The van der Waals surface area contributed by atoms with E-state index in [-0.39, 0.29) is 6.04 Å². The molecular formula is C12H20N6O2. The van der Waals surface area contributed by atoms with Gasteiger partial charge in [-0.05, 0) is 6.42 Å². The Balaban J connectivity index is 2.07. The Labute approximate surface area is 117 Å². The van der Waals surface area contributed by atoms with Gasteiger partial charge in [0.15, 0.2) is 0 Å². The molecule has 1 aliphatic heterocycles. The lowest BCUT2D eigenvalue weighted by Gasteiger charge is -2.19. The van der Waals surface area contributed by atoms with Crippen molar-refractivity contribution in [1.82, 2.24) is 15.3 Å². The Morgan fingerprint density at radius 2 is 2.40 bits per heavy atom. The number of hydrogen-bond donors (Lipinski definition) is 3. The van der Waals surface area contributed by atoms with Crippen LogP contribution in [-0.4, -0.2) is 42.3 Å². The van der Waals surface area contributed by atoms with Gasteiger partial charge in [0, 0.05) is 25.6 Å². The minimum Gasteiger partial charge on any atom is -0.453 e. The molecule has 1 fully saturated rings. The normalized spacial score (nSPS) is 17.9. The third-order valence-electron chi connectivity index (χ3n) is 3.24. The van der Waals surface area contributed by atoms with Gasteiger partial charge in [-0.3, -0.25) is 0 Å². The molecule has 0 saturated carbocycles. The average Bonchev–Trinajstić information content (AvgIpc) is 2.94. The number of nitrogens with one attached hydrogen (secondary N) is 2. The van der Waals surface area contributed by atoms with Crippen LogP contribution in [0.4, 0.5) is 16.4 Å². The average molecular weight is 280 g/mol. The second-order valence-corrected chi connectivity index (χ2v) is 4.59. The summed E-state index contributed by atoms with van der Waals surface area (Å²) in [5.41, 5.74) is 2.55. The van der Waals surface area contributed by atoms with Crippen LogP contribution in [0.3, 0.4) is 0 Å². The summed E-state index contributed by atoms with van der Waals surface area (Å²) in [5.74, 6) is 7.57. The number of ether oxygens (including phenoxy) is 1. The standard InChI is InChI=1S/C12H20N6O2/c1-3-9-15-10(17-13)6-11(16-9)18-5-4-8(7-18)14-12(19)20-2/h6,8H,3-5,7,13H2,1-2H3,(H,14,19)(H,15,16,17). The smallest absolute Gasteiger partial charge is 0.407 e. The number of nitrogen functional groups attached to an aromatic ring is 1. The lowest BCUT2D eigenvalue weighted by molar-refractivity contribution is 0.167. The molecule has 0 spiro atoms. The molecule has 1 atom stereocenters. The van der Waals surface area contributed by atoms with E-state index in [1.807, 2.05) is 6.92 Å². The fourth-order valence-corrected chi connectivity index (χ4v) is 2.19. The molecule has 1 aromatic heterocycles. The van der Waals surface area contributed by atoms with Crippen LogP contribution >= 0.6 is 0 Å². The number of amides is 1. The van der Waals surface area contributed by atoms with Gasteiger partial charge in [-0.25, -0.2) is 20.6 Å². The first-order valence-corrected chi connectivity index (χ1v) is 6.60. The summed E-state index contributed by atoms with van der Waals surface area (Å²) < 4.78 is 4.61. The van der Waals surface area contributed by atoms with Gasteiger partial charge >= 0.3 is 6.09 Å². The number of anilines is 2. The van der Waals surface area contributed by atoms with Crippen molar-refractivity contribution in [2.45, 2.75) is 25.8 Å². The molecule has 1 saturated heterocycles. The highest BCUT2D eigenvalue weighted by atomic mass is 16.5. The predicted octanol–water partition coefficient (Wildman–Crippen LogP) is 0.259. The number of alkyl carbamates (subject to hydrolysis) is 1. The molecule has 0 radical (unpaired) electrons. The van der Waals surface area contributed by atoms with Gasteiger partial charge in [-0.1, -0.05) is 6.92 Å². The summed E-state index contributed by atoms with van der Waals surface area (Å²) in [4.78, 5) is 22.1. The van der Waals surface area contributed by atoms with E-state index in [4.69, 9.17) is 5.84 Å². The Morgan fingerprint density at radius 3 is 3.05 bits per heavy atom. The van der Waals surface area contributed by atoms with Gasteiger partial charge in [-0.15, -0.1) is 0 Å². The van der Waals surface area contributed by atoms with Crippen molar-refractivity contribution in [2.75, 3.05) is 30.5 Å². The van der Waals surface area contributed by atoms with Crippen molar-refractivity contribution in [1.29, 1.82) is 0 Å². The number of hydrogen-bond acceptors (Lipinski definition) is 7. The van der Waals surface area contributed by atoms with Crippen molar-refractivity contribution < 1.29 is 9.53 Å². The molecule has 4 N–H and O–H groups in total. The van der Waals surface area contributed by atoms with Crippen molar-refractivity contribution in [3.8, 4) is 0 Å². The highest BCUT2D eigenvalue weighted by Gasteiger charge is 2.25. The summed E-state index contributed by atoms with van der Waals surface area (Å²) in [5, 5.41) is 2.80. The minimum atomic E-state index is -0.405. The van der Waals surface area contributed by atoms with E-state index in [9.17, 15) is 4.79 Å². The molecule has 110 valence electrons. The monoisotopic (exact) mass is 280 g/mol. The number of aromatic nitrogens is 2. The summed E-state index contributed by atoms with van der Waals surface area (Å²) in [6.07, 6.45) is 1.18. The van der Waals surface area contributed by atoms with Gasteiger partial charge in [0.05, 0.1) is 13.2 Å². The van der Waals surface area contributed by atoms with E-state index in [2.05, 4.69) is 30.3 Å². The summed E-state index contributed by atoms with van der Waals surface area (Å²) in [7, 11) is 1.36. The number of carbonyl (C=O) groups is 1. The van der Waals surface area contributed by atoms with Crippen molar-refractivity contribution in [3.05, 3.63) is 11.9 Å². The molecule has 1 unspecified atom stereocenters. The van der Waals surface area contributed by atoms with E-state index >= 15 is 0 Å². The van der Waals surface area contributed by atoms with E-state index in [1.165, 1.54) is 7.11 Å². The van der Waals surface area contributed by atoms with Gasteiger partial charge in [-0.2, -0.15) is 0 Å². The maximum absolute atomic E-state index is 11.2. The van der Waals surface area contributed by atoms with Gasteiger partial charge < -0.3 is 20.4 Å². The second-order valence-electron chi connectivity index (χ2n) is 4.59. The Kier molecular flexibility index (Phi) is 4.57. The molecule has 8 heteroatoms. The second kappa shape index (κ2) is 6.38. The van der Waals surface area contributed by atoms with Crippen LogP contribution in [0.5, 0.6) is 0 Å². The molecule has 1 aromatic rings. The highest BCUT2D eigenvalue weighted by Crippen LogP contribution is 2.21. The number of carbonyl (C=O) groups excluding carboxylic acids is 1. The fraction of sp³-hybridized carbons (Fsp3) is 0.583. The van der Waals surface area contributed by atoms with Crippen LogP contribution in [0.25, 0.3) is 0 Å². The molecule has 1 amide bonds. The van der Waals surface area contributed by atoms with Gasteiger partial charge in [0.1, 0.15) is 17.5 Å². The first kappa shape index (κ1) is 14.3. The molecule has 0 bridgehead atoms. The quantitative estimate of drug-likeness (QED) is 0.536. The molecule has 0 aromatic carbocycles. The number of hydrazine groups is 1.